The number of hydrogen-bond acceptors (Lipinski definition) is 3. The molecule has 0 spiro atoms. The fourth-order valence-electron chi connectivity index (χ4n) is 1.32. The lowest BCUT2D eigenvalue weighted by molar-refractivity contribution is 0.459. The first-order valence-corrected chi connectivity index (χ1v) is 5.60. The lowest BCUT2D eigenvalue weighted by Crippen LogP contribution is -1.92. The number of aromatic nitrogens is 1. The van der Waals surface area contributed by atoms with E-state index in [2.05, 4.69) is 20.9 Å². The van der Waals surface area contributed by atoms with Crippen molar-refractivity contribution in [3.63, 3.8) is 0 Å². The maximum absolute atomic E-state index is 5.66. The predicted molar refractivity (Wildman–Crippen MR) is 67.6 cm³/mol. The average Bonchev–Trinajstić information content (AvgIpc) is 2.25. The molecular weight excluding hydrogens is 268 g/mol. The predicted octanol–water partition coefficient (Wildman–Crippen LogP) is 3.53. The molecule has 1 aromatic carbocycles. The minimum absolute atomic E-state index is 0.566. The summed E-state index contributed by atoms with van der Waals surface area (Å²) < 4.78 is 6.56. The Balaban J connectivity index is 2.23. The SMILES string of the molecule is Cc1cc(N)ccc1Oc1ccc(Br)cn1. The molecule has 0 aliphatic rings. The van der Waals surface area contributed by atoms with Crippen molar-refractivity contribution in [1.29, 1.82) is 0 Å². The van der Waals surface area contributed by atoms with Gasteiger partial charge in [-0.1, -0.05) is 0 Å². The topological polar surface area (TPSA) is 48.1 Å². The van der Waals surface area contributed by atoms with Crippen LogP contribution in [0.5, 0.6) is 11.6 Å². The highest BCUT2D eigenvalue weighted by Gasteiger charge is 2.02. The van der Waals surface area contributed by atoms with Crippen molar-refractivity contribution < 1.29 is 4.74 Å². The zero-order valence-corrected chi connectivity index (χ0v) is 10.4. The molecule has 82 valence electrons. The van der Waals surface area contributed by atoms with Crippen LogP contribution in [-0.2, 0) is 0 Å². The van der Waals surface area contributed by atoms with Crippen molar-refractivity contribution in [1.82, 2.24) is 4.98 Å². The summed E-state index contributed by atoms with van der Waals surface area (Å²) in [6, 6.07) is 9.21. The number of nitrogen functional groups attached to an aromatic ring is 1. The van der Waals surface area contributed by atoms with Gasteiger partial charge in [-0.05, 0) is 52.7 Å². The maximum atomic E-state index is 5.66. The Kier molecular flexibility index (Phi) is 3.10. The summed E-state index contributed by atoms with van der Waals surface area (Å²) in [5.74, 6) is 1.33. The highest BCUT2D eigenvalue weighted by atomic mass is 79.9. The van der Waals surface area contributed by atoms with E-state index >= 15 is 0 Å². The van der Waals surface area contributed by atoms with Crippen LogP contribution >= 0.6 is 15.9 Å². The van der Waals surface area contributed by atoms with E-state index in [9.17, 15) is 0 Å². The Labute approximate surface area is 102 Å². The third-order valence-corrected chi connectivity index (χ3v) is 2.58. The van der Waals surface area contributed by atoms with Crippen LogP contribution in [0.2, 0.25) is 0 Å². The van der Waals surface area contributed by atoms with E-state index in [4.69, 9.17) is 10.5 Å². The Bertz CT molecular complexity index is 497. The molecule has 2 rings (SSSR count). The fraction of sp³-hybridized carbons (Fsp3) is 0.0833. The number of halogens is 1. The molecule has 2 aromatic rings. The quantitative estimate of drug-likeness (QED) is 0.855. The second-order valence-corrected chi connectivity index (χ2v) is 4.36. The van der Waals surface area contributed by atoms with Gasteiger partial charge in [-0.2, -0.15) is 0 Å². The molecule has 0 radical (unpaired) electrons. The molecular formula is C12H11BrN2O. The molecule has 1 heterocycles. The molecule has 0 atom stereocenters. The minimum atomic E-state index is 0.566. The molecule has 16 heavy (non-hydrogen) atoms. The smallest absolute Gasteiger partial charge is 0.219 e. The van der Waals surface area contributed by atoms with E-state index in [1.807, 2.05) is 25.1 Å². The molecule has 0 amide bonds. The first-order chi connectivity index (χ1) is 7.65. The highest BCUT2D eigenvalue weighted by Crippen LogP contribution is 2.25. The van der Waals surface area contributed by atoms with Gasteiger partial charge in [0.1, 0.15) is 5.75 Å². The number of aryl methyl sites for hydroxylation is 1. The highest BCUT2D eigenvalue weighted by molar-refractivity contribution is 9.10. The number of rotatable bonds is 2. The van der Waals surface area contributed by atoms with E-state index in [1.54, 1.807) is 18.3 Å². The fourth-order valence-corrected chi connectivity index (χ4v) is 1.56. The van der Waals surface area contributed by atoms with Gasteiger partial charge >= 0.3 is 0 Å². The molecule has 3 nitrogen and oxygen atoms in total. The largest absolute Gasteiger partial charge is 0.439 e. The van der Waals surface area contributed by atoms with E-state index in [-0.39, 0.29) is 0 Å². The molecule has 0 fully saturated rings. The van der Waals surface area contributed by atoms with E-state index in [1.165, 1.54) is 0 Å². The zero-order valence-electron chi connectivity index (χ0n) is 8.77. The summed E-state index contributed by atoms with van der Waals surface area (Å²) >= 11 is 3.32. The third-order valence-electron chi connectivity index (χ3n) is 2.11. The van der Waals surface area contributed by atoms with Crippen LogP contribution in [0.15, 0.2) is 41.0 Å². The molecule has 0 aliphatic heterocycles. The Hall–Kier alpha value is -1.55. The van der Waals surface area contributed by atoms with Crippen LogP contribution in [-0.4, -0.2) is 4.98 Å². The molecule has 2 N–H and O–H groups in total. The van der Waals surface area contributed by atoms with Crippen LogP contribution in [0, 0.1) is 6.92 Å². The molecule has 0 saturated carbocycles. The van der Waals surface area contributed by atoms with Crippen LogP contribution in [0.25, 0.3) is 0 Å². The average molecular weight is 279 g/mol. The molecule has 0 saturated heterocycles. The number of hydrogen-bond donors (Lipinski definition) is 1. The number of pyridine rings is 1. The number of anilines is 1. The number of benzene rings is 1. The van der Waals surface area contributed by atoms with Crippen molar-refractivity contribution in [2.24, 2.45) is 0 Å². The standard InChI is InChI=1S/C12H11BrN2O/c1-8-6-10(14)3-4-11(8)16-12-5-2-9(13)7-15-12/h2-7H,14H2,1H3. The van der Waals surface area contributed by atoms with Crippen molar-refractivity contribution in [2.45, 2.75) is 6.92 Å². The van der Waals surface area contributed by atoms with Crippen molar-refractivity contribution >= 4 is 21.6 Å². The maximum Gasteiger partial charge on any atom is 0.219 e. The van der Waals surface area contributed by atoms with Gasteiger partial charge in [0.25, 0.3) is 0 Å². The third kappa shape index (κ3) is 2.52. The molecule has 0 aliphatic carbocycles. The summed E-state index contributed by atoms with van der Waals surface area (Å²) in [7, 11) is 0. The lowest BCUT2D eigenvalue weighted by atomic mass is 10.2. The molecule has 0 bridgehead atoms. The second-order valence-electron chi connectivity index (χ2n) is 3.44. The monoisotopic (exact) mass is 278 g/mol. The number of nitrogens with zero attached hydrogens (tertiary/aromatic N) is 1. The minimum Gasteiger partial charge on any atom is -0.439 e. The molecule has 0 unspecified atom stereocenters. The Morgan fingerprint density at radius 1 is 1.25 bits per heavy atom. The van der Waals surface area contributed by atoms with Crippen LogP contribution in [0.3, 0.4) is 0 Å². The van der Waals surface area contributed by atoms with E-state index < -0.39 is 0 Å². The van der Waals surface area contributed by atoms with Gasteiger partial charge in [-0.15, -0.1) is 0 Å². The Morgan fingerprint density at radius 3 is 2.69 bits per heavy atom. The second kappa shape index (κ2) is 4.53. The van der Waals surface area contributed by atoms with Crippen LogP contribution in [0.4, 0.5) is 5.69 Å². The molecule has 1 aromatic heterocycles. The first-order valence-electron chi connectivity index (χ1n) is 4.81. The van der Waals surface area contributed by atoms with Gasteiger partial charge in [-0.25, -0.2) is 4.98 Å². The summed E-state index contributed by atoms with van der Waals surface area (Å²) in [5, 5.41) is 0. The van der Waals surface area contributed by atoms with Crippen LogP contribution in [0.1, 0.15) is 5.56 Å². The van der Waals surface area contributed by atoms with Crippen molar-refractivity contribution in [2.75, 3.05) is 5.73 Å². The normalized spacial score (nSPS) is 10.1. The van der Waals surface area contributed by atoms with Crippen LogP contribution < -0.4 is 10.5 Å². The van der Waals surface area contributed by atoms with Gasteiger partial charge < -0.3 is 10.5 Å². The summed E-state index contributed by atoms with van der Waals surface area (Å²) in [6.45, 7) is 1.95. The lowest BCUT2D eigenvalue weighted by Gasteiger charge is -2.08. The summed E-state index contributed by atoms with van der Waals surface area (Å²) in [4.78, 5) is 4.14. The number of ether oxygens (including phenoxy) is 1. The van der Waals surface area contributed by atoms with Gasteiger partial charge in [0, 0.05) is 22.4 Å². The van der Waals surface area contributed by atoms with Crippen molar-refractivity contribution in [3.05, 3.63) is 46.6 Å². The summed E-state index contributed by atoms with van der Waals surface area (Å²) in [6.07, 6.45) is 1.70. The zero-order chi connectivity index (χ0) is 11.5. The van der Waals surface area contributed by atoms with E-state index in [0.717, 1.165) is 21.5 Å². The molecule has 4 heteroatoms. The van der Waals surface area contributed by atoms with Gasteiger partial charge in [0.2, 0.25) is 5.88 Å². The van der Waals surface area contributed by atoms with E-state index in [0.29, 0.717) is 5.88 Å². The first kappa shape index (κ1) is 11.0. The summed E-state index contributed by atoms with van der Waals surface area (Å²) in [5.41, 5.74) is 7.38. The Morgan fingerprint density at radius 2 is 2.06 bits per heavy atom. The van der Waals surface area contributed by atoms with Gasteiger partial charge in [-0.3, -0.25) is 0 Å². The number of nitrogens with two attached hydrogens (primary N) is 1. The van der Waals surface area contributed by atoms with Gasteiger partial charge in [0.05, 0.1) is 0 Å². The van der Waals surface area contributed by atoms with Crippen molar-refractivity contribution in [3.8, 4) is 11.6 Å². The van der Waals surface area contributed by atoms with Gasteiger partial charge in [0.15, 0.2) is 0 Å².